The molecule has 1 aliphatic carbocycles. The van der Waals surface area contributed by atoms with Gasteiger partial charge in [-0.2, -0.15) is 0 Å². The molecule has 1 fully saturated rings. The topological polar surface area (TPSA) is 62.7 Å². The highest BCUT2D eigenvalue weighted by Crippen LogP contribution is 2.22. The second kappa shape index (κ2) is 12.5. The molecule has 1 aromatic carbocycles. The fourth-order valence-electron chi connectivity index (χ4n) is 3.03. The van der Waals surface area contributed by atoms with Crippen LogP contribution in [0, 0.1) is 5.82 Å². The number of nitrogens with one attached hydrogen (secondary N) is 2. The summed E-state index contributed by atoms with van der Waals surface area (Å²) >= 11 is 0. The second-order valence-corrected chi connectivity index (χ2v) is 8.11. The van der Waals surface area contributed by atoms with E-state index in [1.165, 1.54) is 12.1 Å². The van der Waals surface area contributed by atoms with E-state index in [1.54, 1.807) is 19.2 Å². The van der Waals surface area contributed by atoms with Gasteiger partial charge in [-0.05, 0) is 31.4 Å². The lowest BCUT2D eigenvalue weighted by Crippen LogP contribution is -2.47. The molecule has 0 aromatic heterocycles. The molecule has 1 aliphatic rings. The summed E-state index contributed by atoms with van der Waals surface area (Å²) in [7, 11) is 0.998. The third-order valence-corrected chi connectivity index (χ3v) is 6.05. The van der Waals surface area contributed by atoms with Gasteiger partial charge in [0.1, 0.15) is 18.2 Å². The van der Waals surface area contributed by atoms with Crippen molar-refractivity contribution in [2.75, 3.05) is 26.0 Å². The van der Waals surface area contributed by atoms with Crippen LogP contribution in [0.5, 0.6) is 5.75 Å². The molecule has 0 amide bonds. The summed E-state index contributed by atoms with van der Waals surface area (Å²) in [5.41, 5.74) is 0. The Bertz CT molecular complexity index is 604. The van der Waals surface area contributed by atoms with Crippen LogP contribution in [0.2, 0.25) is 0 Å². The minimum absolute atomic E-state index is 0. The van der Waals surface area contributed by atoms with Gasteiger partial charge < -0.3 is 15.4 Å². The van der Waals surface area contributed by atoms with Crippen molar-refractivity contribution >= 4 is 40.7 Å². The van der Waals surface area contributed by atoms with Crippen LogP contribution < -0.4 is 15.4 Å². The molecule has 2 N–H and O–H groups in total. The van der Waals surface area contributed by atoms with Crippen molar-refractivity contribution in [2.45, 2.75) is 43.9 Å². The molecule has 148 valence electrons. The van der Waals surface area contributed by atoms with E-state index in [1.807, 2.05) is 6.92 Å². The number of benzene rings is 1. The standard InChI is InChI=1S/C18H28FN3O2S.HI/c1-3-25(23)17-9-5-7-15(13-17)22-18(20-2)21-10-11-24-16-8-4-6-14(19)12-16;/h4,6,8,12,15,17H,3,5,7,9-11,13H2,1-2H3,(H2,20,21,22);1H. The first-order chi connectivity index (χ1) is 12.1. The average molecular weight is 497 g/mol. The van der Waals surface area contributed by atoms with Crippen molar-refractivity contribution in [3.63, 3.8) is 0 Å². The average Bonchev–Trinajstić information content (AvgIpc) is 2.63. The Kier molecular flexibility index (Phi) is 11.1. The third-order valence-electron chi connectivity index (χ3n) is 4.31. The fourth-order valence-corrected chi connectivity index (χ4v) is 4.38. The number of nitrogens with zero attached hydrogens (tertiary/aromatic N) is 1. The maximum atomic E-state index is 13.1. The molecule has 26 heavy (non-hydrogen) atoms. The highest BCUT2D eigenvalue weighted by atomic mass is 127. The molecule has 3 atom stereocenters. The van der Waals surface area contributed by atoms with Crippen molar-refractivity contribution < 1.29 is 13.3 Å². The monoisotopic (exact) mass is 497 g/mol. The van der Waals surface area contributed by atoms with Gasteiger partial charge in [0.25, 0.3) is 0 Å². The number of hydrogen-bond acceptors (Lipinski definition) is 3. The Labute approximate surface area is 175 Å². The van der Waals surface area contributed by atoms with E-state index in [4.69, 9.17) is 4.74 Å². The first kappa shape index (κ1) is 23.1. The molecule has 2 rings (SSSR count). The van der Waals surface area contributed by atoms with E-state index < -0.39 is 10.8 Å². The van der Waals surface area contributed by atoms with E-state index in [0.29, 0.717) is 24.9 Å². The van der Waals surface area contributed by atoms with Gasteiger partial charge in [-0.15, -0.1) is 24.0 Å². The summed E-state index contributed by atoms with van der Waals surface area (Å²) in [5.74, 6) is 1.65. The van der Waals surface area contributed by atoms with Crippen LogP contribution in [0.25, 0.3) is 0 Å². The zero-order chi connectivity index (χ0) is 18.1. The summed E-state index contributed by atoms with van der Waals surface area (Å²) in [4.78, 5) is 4.23. The molecule has 1 saturated carbocycles. The van der Waals surface area contributed by atoms with Gasteiger partial charge >= 0.3 is 0 Å². The number of aliphatic imine (C=N–C) groups is 1. The van der Waals surface area contributed by atoms with Gasteiger partial charge in [-0.3, -0.25) is 9.20 Å². The van der Waals surface area contributed by atoms with Gasteiger partial charge in [0, 0.05) is 41.0 Å². The van der Waals surface area contributed by atoms with Crippen molar-refractivity contribution in [3.05, 3.63) is 30.1 Å². The molecule has 5 nitrogen and oxygen atoms in total. The first-order valence-electron chi connectivity index (χ1n) is 8.85. The summed E-state index contributed by atoms with van der Waals surface area (Å²) in [6, 6.07) is 6.40. The fraction of sp³-hybridized carbons (Fsp3) is 0.611. The molecule has 0 radical (unpaired) electrons. The minimum atomic E-state index is -0.732. The SMILES string of the molecule is CCS(=O)C1CCCC(NC(=NC)NCCOc2cccc(F)c2)C1.I. The van der Waals surface area contributed by atoms with Gasteiger partial charge in [0.15, 0.2) is 5.96 Å². The summed E-state index contributed by atoms with van der Waals surface area (Å²) in [6.45, 7) is 2.96. The van der Waals surface area contributed by atoms with E-state index in [0.717, 1.165) is 37.4 Å². The van der Waals surface area contributed by atoms with Crippen LogP contribution in [0.3, 0.4) is 0 Å². The Morgan fingerprint density at radius 2 is 2.23 bits per heavy atom. The van der Waals surface area contributed by atoms with Crippen molar-refractivity contribution in [1.29, 1.82) is 0 Å². The summed E-state index contributed by atoms with van der Waals surface area (Å²) in [6.07, 6.45) is 4.12. The van der Waals surface area contributed by atoms with Crippen LogP contribution >= 0.6 is 24.0 Å². The van der Waals surface area contributed by atoms with Gasteiger partial charge in [0.05, 0.1) is 6.54 Å². The van der Waals surface area contributed by atoms with Crippen LogP contribution in [0.4, 0.5) is 4.39 Å². The summed E-state index contributed by atoms with van der Waals surface area (Å²) < 4.78 is 30.6. The molecule has 0 saturated heterocycles. The number of guanidine groups is 1. The van der Waals surface area contributed by atoms with Crippen molar-refractivity contribution in [3.8, 4) is 5.75 Å². The summed E-state index contributed by atoms with van der Waals surface area (Å²) in [5, 5.41) is 6.90. The molecule has 3 unspecified atom stereocenters. The van der Waals surface area contributed by atoms with E-state index in [2.05, 4.69) is 15.6 Å². The predicted molar refractivity (Wildman–Crippen MR) is 117 cm³/mol. The number of hydrogen-bond donors (Lipinski definition) is 2. The van der Waals surface area contributed by atoms with E-state index in [-0.39, 0.29) is 35.0 Å². The highest BCUT2D eigenvalue weighted by Gasteiger charge is 2.25. The number of halogens is 2. The Hall–Kier alpha value is -0.900. The normalized spacial score (nSPS) is 21.4. The van der Waals surface area contributed by atoms with Crippen LogP contribution in [0.15, 0.2) is 29.3 Å². The zero-order valence-electron chi connectivity index (χ0n) is 15.4. The molecule has 0 heterocycles. The van der Waals surface area contributed by atoms with Crippen LogP contribution in [-0.4, -0.2) is 47.4 Å². The molecule has 0 spiro atoms. The van der Waals surface area contributed by atoms with Crippen LogP contribution in [0.1, 0.15) is 32.6 Å². The molecular weight excluding hydrogens is 468 g/mol. The smallest absolute Gasteiger partial charge is 0.191 e. The molecule has 0 bridgehead atoms. The van der Waals surface area contributed by atoms with E-state index >= 15 is 0 Å². The Morgan fingerprint density at radius 1 is 1.42 bits per heavy atom. The van der Waals surface area contributed by atoms with Gasteiger partial charge in [-0.25, -0.2) is 4.39 Å². The molecule has 0 aliphatic heterocycles. The number of rotatable bonds is 7. The third kappa shape index (κ3) is 7.77. The molecular formula is C18H29FIN3O2S. The lowest BCUT2D eigenvalue weighted by Gasteiger charge is -2.30. The maximum absolute atomic E-state index is 13.1. The van der Waals surface area contributed by atoms with Crippen molar-refractivity contribution in [2.24, 2.45) is 4.99 Å². The van der Waals surface area contributed by atoms with Crippen LogP contribution in [-0.2, 0) is 10.8 Å². The lowest BCUT2D eigenvalue weighted by molar-refractivity contribution is 0.319. The maximum Gasteiger partial charge on any atom is 0.191 e. The lowest BCUT2D eigenvalue weighted by atomic mass is 9.95. The first-order valence-corrected chi connectivity index (χ1v) is 10.2. The highest BCUT2D eigenvalue weighted by molar-refractivity contribution is 14.0. The quantitative estimate of drug-likeness (QED) is 0.263. The Balaban J connectivity index is 0.00000338. The van der Waals surface area contributed by atoms with Gasteiger partial charge in [0.2, 0.25) is 0 Å². The predicted octanol–water partition coefficient (Wildman–Crippen LogP) is 3.07. The molecule has 1 aromatic rings. The molecule has 8 heteroatoms. The van der Waals surface area contributed by atoms with Gasteiger partial charge in [-0.1, -0.05) is 19.4 Å². The number of ether oxygens (including phenoxy) is 1. The van der Waals surface area contributed by atoms with E-state index in [9.17, 15) is 8.60 Å². The zero-order valence-corrected chi connectivity index (χ0v) is 18.5. The Morgan fingerprint density at radius 3 is 2.92 bits per heavy atom. The van der Waals surface area contributed by atoms with Crippen molar-refractivity contribution in [1.82, 2.24) is 10.6 Å². The minimum Gasteiger partial charge on any atom is -0.492 e. The largest absolute Gasteiger partial charge is 0.492 e. The second-order valence-electron chi connectivity index (χ2n) is 6.10.